The van der Waals surface area contributed by atoms with Crippen LogP contribution in [0.1, 0.15) is 62.6 Å². The van der Waals surface area contributed by atoms with Crippen LogP contribution in [0, 0.1) is 0 Å². The average molecular weight is 341 g/mol. The summed E-state index contributed by atoms with van der Waals surface area (Å²) in [4.78, 5) is 25.8. The first-order chi connectivity index (χ1) is 12.1. The molecule has 134 valence electrons. The van der Waals surface area contributed by atoms with Gasteiger partial charge in [-0.05, 0) is 48.4 Å². The van der Waals surface area contributed by atoms with Crippen LogP contribution in [0.4, 0.5) is 0 Å². The molecular weight excluding hydrogens is 314 g/mol. The minimum Gasteiger partial charge on any atom is -0.339 e. The van der Waals surface area contributed by atoms with Crippen molar-refractivity contribution in [1.29, 1.82) is 0 Å². The number of amides is 2. The molecule has 0 saturated heterocycles. The summed E-state index contributed by atoms with van der Waals surface area (Å²) in [5.41, 5.74) is 7.24. The van der Waals surface area contributed by atoms with Crippen molar-refractivity contribution < 1.29 is 9.59 Å². The van der Waals surface area contributed by atoms with Crippen molar-refractivity contribution in [3.05, 3.63) is 34.9 Å². The Hall–Kier alpha value is -2.17. The SMILES string of the molecule is CCCC(=O)N(CCC)C1Cc2ccc(C3=NNC(=O)CC3)cc2C1. The van der Waals surface area contributed by atoms with E-state index >= 15 is 0 Å². The summed E-state index contributed by atoms with van der Waals surface area (Å²) in [5, 5.41) is 4.19. The van der Waals surface area contributed by atoms with Gasteiger partial charge in [-0.1, -0.05) is 26.0 Å². The van der Waals surface area contributed by atoms with Gasteiger partial charge in [0.2, 0.25) is 11.8 Å². The van der Waals surface area contributed by atoms with Gasteiger partial charge in [-0.3, -0.25) is 9.59 Å². The number of nitrogens with zero attached hydrogens (tertiary/aromatic N) is 2. The predicted molar refractivity (Wildman–Crippen MR) is 98.5 cm³/mol. The summed E-state index contributed by atoms with van der Waals surface area (Å²) in [7, 11) is 0. The van der Waals surface area contributed by atoms with Gasteiger partial charge in [-0.2, -0.15) is 5.10 Å². The van der Waals surface area contributed by atoms with E-state index in [9.17, 15) is 9.59 Å². The Kier molecular flexibility index (Phi) is 5.51. The molecular formula is C20H27N3O2. The van der Waals surface area contributed by atoms with E-state index in [1.807, 2.05) is 0 Å². The first-order valence-electron chi connectivity index (χ1n) is 9.39. The highest BCUT2D eigenvalue weighted by Crippen LogP contribution is 2.28. The zero-order chi connectivity index (χ0) is 17.8. The maximum Gasteiger partial charge on any atom is 0.240 e. The van der Waals surface area contributed by atoms with E-state index in [-0.39, 0.29) is 17.9 Å². The van der Waals surface area contributed by atoms with Gasteiger partial charge in [0.15, 0.2) is 0 Å². The summed E-state index contributed by atoms with van der Waals surface area (Å²) in [6.07, 6.45) is 5.55. The van der Waals surface area contributed by atoms with Gasteiger partial charge < -0.3 is 4.90 Å². The van der Waals surface area contributed by atoms with Crippen molar-refractivity contribution in [2.24, 2.45) is 5.10 Å². The zero-order valence-corrected chi connectivity index (χ0v) is 15.2. The molecule has 0 saturated carbocycles. The van der Waals surface area contributed by atoms with E-state index < -0.39 is 0 Å². The molecule has 1 aliphatic heterocycles. The molecule has 2 amide bonds. The Morgan fingerprint density at radius 1 is 1.20 bits per heavy atom. The molecule has 0 fully saturated rings. The fraction of sp³-hybridized carbons (Fsp3) is 0.550. The molecule has 1 aliphatic carbocycles. The van der Waals surface area contributed by atoms with Crippen molar-refractivity contribution in [3.8, 4) is 0 Å². The van der Waals surface area contributed by atoms with Crippen LogP contribution in [0.3, 0.4) is 0 Å². The summed E-state index contributed by atoms with van der Waals surface area (Å²) in [6, 6.07) is 6.73. The number of hydrazone groups is 1. The predicted octanol–water partition coefficient (Wildman–Crippen LogP) is 2.81. The number of rotatable bonds is 6. The van der Waals surface area contributed by atoms with Gasteiger partial charge in [-0.25, -0.2) is 5.43 Å². The van der Waals surface area contributed by atoms with Crippen molar-refractivity contribution in [2.75, 3.05) is 6.54 Å². The molecule has 1 unspecified atom stereocenters. The van der Waals surface area contributed by atoms with Crippen LogP contribution in [0.25, 0.3) is 0 Å². The van der Waals surface area contributed by atoms with Gasteiger partial charge in [0.25, 0.3) is 0 Å². The molecule has 1 N–H and O–H groups in total. The summed E-state index contributed by atoms with van der Waals surface area (Å²) >= 11 is 0. The number of carbonyl (C=O) groups is 2. The summed E-state index contributed by atoms with van der Waals surface area (Å²) in [6.45, 7) is 5.02. The molecule has 0 aromatic heterocycles. The molecule has 1 aromatic rings. The first-order valence-corrected chi connectivity index (χ1v) is 9.39. The number of fused-ring (bicyclic) bond motifs is 1. The second-order valence-electron chi connectivity index (χ2n) is 6.98. The third-order valence-electron chi connectivity index (χ3n) is 5.04. The number of nitrogens with one attached hydrogen (secondary N) is 1. The lowest BCUT2D eigenvalue weighted by Gasteiger charge is -2.28. The van der Waals surface area contributed by atoms with Crippen LogP contribution in [0.2, 0.25) is 0 Å². The maximum atomic E-state index is 12.5. The fourth-order valence-corrected chi connectivity index (χ4v) is 3.79. The molecule has 0 spiro atoms. The second-order valence-corrected chi connectivity index (χ2v) is 6.98. The lowest BCUT2D eigenvalue weighted by atomic mass is 10.00. The van der Waals surface area contributed by atoms with Gasteiger partial charge in [-0.15, -0.1) is 0 Å². The van der Waals surface area contributed by atoms with Crippen LogP contribution in [-0.4, -0.2) is 35.0 Å². The third-order valence-corrected chi connectivity index (χ3v) is 5.04. The highest BCUT2D eigenvalue weighted by atomic mass is 16.2. The molecule has 25 heavy (non-hydrogen) atoms. The standard InChI is InChI=1S/C20H27N3O2/c1-3-5-20(25)23(10-4-2)17-12-14-6-7-15(11-16(14)13-17)18-8-9-19(24)22-21-18/h6-7,11,17H,3-5,8-10,12-13H2,1-2H3,(H,22,24). The lowest BCUT2D eigenvalue weighted by Crippen LogP contribution is -2.41. The number of hydrogen-bond donors (Lipinski definition) is 1. The van der Waals surface area contributed by atoms with E-state index in [1.165, 1.54) is 11.1 Å². The Morgan fingerprint density at radius 3 is 2.68 bits per heavy atom. The first kappa shape index (κ1) is 17.6. The minimum absolute atomic E-state index is 0.0189. The highest BCUT2D eigenvalue weighted by molar-refractivity contribution is 6.04. The third kappa shape index (κ3) is 3.91. The molecule has 2 aliphatic rings. The number of benzene rings is 1. The molecule has 5 heteroatoms. The summed E-state index contributed by atoms with van der Waals surface area (Å²) < 4.78 is 0. The monoisotopic (exact) mass is 341 g/mol. The smallest absolute Gasteiger partial charge is 0.240 e. The largest absolute Gasteiger partial charge is 0.339 e. The van der Waals surface area contributed by atoms with E-state index in [0.717, 1.165) is 43.5 Å². The quantitative estimate of drug-likeness (QED) is 0.865. The topological polar surface area (TPSA) is 61.8 Å². The Balaban J connectivity index is 1.76. The van der Waals surface area contributed by atoms with Crippen LogP contribution >= 0.6 is 0 Å². The molecule has 1 atom stereocenters. The number of carbonyl (C=O) groups excluding carboxylic acids is 2. The van der Waals surface area contributed by atoms with Gasteiger partial charge in [0.05, 0.1) is 5.71 Å². The van der Waals surface area contributed by atoms with Crippen molar-refractivity contribution in [3.63, 3.8) is 0 Å². The average Bonchev–Trinajstić information content (AvgIpc) is 3.03. The zero-order valence-electron chi connectivity index (χ0n) is 15.2. The molecule has 1 aromatic carbocycles. The Morgan fingerprint density at radius 2 is 2.00 bits per heavy atom. The number of hydrogen-bond acceptors (Lipinski definition) is 3. The van der Waals surface area contributed by atoms with Crippen molar-refractivity contribution >= 4 is 17.5 Å². The van der Waals surface area contributed by atoms with Gasteiger partial charge >= 0.3 is 0 Å². The van der Waals surface area contributed by atoms with E-state index in [0.29, 0.717) is 19.3 Å². The molecule has 0 bridgehead atoms. The normalized spacial score (nSPS) is 19.2. The van der Waals surface area contributed by atoms with Gasteiger partial charge in [0.1, 0.15) is 0 Å². The summed E-state index contributed by atoms with van der Waals surface area (Å²) in [5.74, 6) is 0.261. The minimum atomic E-state index is -0.0189. The van der Waals surface area contributed by atoms with E-state index in [1.54, 1.807) is 0 Å². The van der Waals surface area contributed by atoms with Gasteiger partial charge in [0, 0.05) is 31.8 Å². The van der Waals surface area contributed by atoms with Crippen LogP contribution in [0.5, 0.6) is 0 Å². The molecule has 0 radical (unpaired) electrons. The maximum absolute atomic E-state index is 12.5. The van der Waals surface area contributed by atoms with Crippen LogP contribution in [0.15, 0.2) is 23.3 Å². The fourth-order valence-electron chi connectivity index (χ4n) is 3.79. The molecule has 1 heterocycles. The Labute approximate surface area is 149 Å². The Bertz CT molecular complexity index is 696. The van der Waals surface area contributed by atoms with E-state index in [4.69, 9.17) is 0 Å². The molecule has 3 rings (SSSR count). The highest BCUT2D eigenvalue weighted by Gasteiger charge is 2.29. The second kappa shape index (κ2) is 7.81. The van der Waals surface area contributed by atoms with Crippen LogP contribution < -0.4 is 5.43 Å². The molecule has 5 nitrogen and oxygen atoms in total. The van der Waals surface area contributed by atoms with E-state index in [2.05, 4.69) is 47.5 Å². The van der Waals surface area contributed by atoms with Crippen molar-refractivity contribution in [2.45, 2.75) is 64.8 Å². The lowest BCUT2D eigenvalue weighted by molar-refractivity contribution is -0.133. The van der Waals surface area contributed by atoms with Crippen LogP contribution in [-0.2, 0) is 22.4 Å². The van der Waals surface area contributed by atoms with Crippen molar-refractivity contribution in [1.82, 2.24) is 10.3 Å².